The van der Waals surface area contributed by atoms with Crippen LogP contribution in [-0.4, -0.2) is 24.1 Å². The second-order valence-corrected chi connectivity index (χ2v) is 16.4. The average Bonchev–Trinajstić information content (AvgIpc) is 3.89. The molecule has 0 fully saturated rings. The van der Waals surface area contributed by atoms with Crippen molar-refractivity contribution < 1.29 is 0 Å². The van der Waals surface area contributed by atoms with E-state index in [1.165, 1.54) is 76.4 Å². The first-order chi connectivity index (χ1) is 29.1. The van der Waals surface area contributed by atoms with Crippen molar-refractivity contribution >= 4 is 65.2 Å². The van der Waals surface area contributed by atoms with Crippen LogP contribution < -0.4 is 0 Å². The molecule has 9 aromatic carbocycles. The third kappa shape index (κ3) is 4.31. The van der Waals surface area contributed by atoms with E-state index in [1.54, 1.807) is 0 Å². The van der Waals surface area contributed by atoms with E-state index in [1.807, 2.05) is 18.2 Å². The van der Waals surface area contributed by atoms with Crippen molar-refractivity contribution in [1.29, 1.82) is 0 Å². The maximum absolute atomic E-state index is 5.51. The first-order valence-corrected chi connectivity index (χ1v) is 20.3. The smallest absolute Gasteiger partial charge is 0.238 e. The lowest BCUT2D eigenvalue weighted by Crippen LogP contribution is -2.14. The number of nitrogens with zero attached hydrogens (tertiary/aromatic N) is 5. The zero-order chi connectivity index (χ0) is 39.0. The number of hydrogen-bond donors (Lipinski definition) is 0. The molecule has 0 aliphatic heterocycles. The standard InChI is InChI=1S/C54H35N5/c1-54(2)40-26-12-11-22-38(40)46-39(25-13-27-41(46)54)52-55-51(32-16-5-3-6-17-32)56-53(57-52)59-43-29-15-24-37-35-21-10-9-20-34(35)36-23-14-28-42-47(36)49-44(30-31-45(59)50(49)48(37)43)58(42)33-18-7-4-8-19-33/h3-31H,1-2H3. The predicted octanol–water partition coefficient (Wildman–Crippen LogP) is 13.5. The van der Waals surface area contributed by atoms with Crippen molar-refractivity contribution in [2.75, 3.05) is 0 Å². The lowest BCUT2D eigenvalue weighted by Gasteiger charge is -2.21. The number of aromatic nitrogens is 5. The van der Waals surface area contributed by atoms with Crippen LogP contribution in [0.4, 0.5) is 0 Å². The highest BCUT2D eigenvalue weighted by molar-refractivity contribution is 6.39. The Hall–Kier alpha value is -7.63. The minimum absolute atomic E-state index is 0.158. The van der Waals surface area contributed by atoms with Crippen molar-refractivity contribution in [3.63, 3.8) is 0 Å². The fourth-order valence-electron chi connectivity index (χ4n) is 10.4. The van der Waals surface area contributed by atoms with Crippen LogP contribution in [0.15, 0.2) is 176 Å². The van der Waals surface area contributed by atoms with Crippen molar-refractivity contribution in [3.05, 3.63) is 187 Å². The van der Waals surface area contributed by atoms with Crippen LogP contribution in [-0.2, 0) is 5.41 Å². The molecule has 0 unspecified atom stereocenters. The zero-order valence-electron chi connectivity index (χ0n) is 32.5. The highest BCUT2D eigenvalue weighted by Crippen LogP contribution is 2.52. The number of benzene rings is 8. The second-order valence-electron chi connectivity index (χ2n) is 16.4. The summed E-state index contributed by atoms with van der Waals surface area (Å²) in [7, 11) is 0. The lowest BCUT2D eigenvalue weighted by atomic mass is 9.82. The molecule has 1 aliphatic rings. The van der Waals surface area contributed by atoms with Crippen molar-refractivity contribution in [1.82, 2.24) is 24.1 Å². The first-order valence-electron chi connectivity index (χ1n) is 20.3. The Morgan fingerprint density at radius 1 is 0.373 bits per heavy atom. The topological polar surface area (TPSA) is 48.5 Å². The Bertz CT molecular complexity index is 3690. The molecule has 0 atom stereocenters. The van der Waals surface area contributed by atoms with Crippen molar-refractivity contribution in [2.45, 2.75) is 19.3 Å². The Labute approximate surface area is 339 Å². The van der Waals surface area contributed by atoms with Gasteiger partial charge in [-0.15, -0.1) is 0 Å². The Morgan fingerprint density at radius 3 is 1.59 bits per heavy atom. The van der Waals surface area contributed by atoms with Gasteiger partial charge in [0.25, 0.3) is 0 Å². The minimum Gasteiger partial charge on any atom is -0.309 e. The summed E-state index contributed by atoms with van der Waals surface area (Å²) >= 11 is 0. The van der Waals surface area contributed by atoms with Gasteiger partial charge in [0.05, 0.1) is 22.1 Å². The van der Waals surface area contributed by atoms with E-state index < -0.39 is 0 Å². The van der Waals surface area contributed by atoms with Crippen LogP contribution in [0.3, 0.4) is 0 Å². The fraction of sp³-hybridized carbons (Fsp3) is 0.0556. The summed E-state index contributed by atoms with van der Waals surface area (Å²) in [5, 5.41) is 9.75. The highest BCUT2D eigenvalue weighted by atomic mass is 15.2. The van der Waals surface area contributed by atoms with Gasteiger partial charge in [0, 0.05) is 43.8 Å². The third-order valence-electron chi connectivity index (χ3n) is 12.9. The highest BCUT2D eigenvalue weighted by Gasteiger charge is 2.37. The molecule has 0 N–H and O–H groups in total. The second kappa shape index (κ2) is 11.7. The molecule has 3 aromatic heterocycles. The summed E-state index contributed by atoms with van der Waals surface area (Å²) in [6, 6.07) is 63.3. The third-order valence-corrected chi connectivity index (χ3v) is 12.9. The fourth-order valence-corrected chi connectivity index (χ4v) is 10.4. The van der Waals surface area contributed by atoms with E-state index in [9.17, 15) is 0 Å². The van der Waals surface area contributed by atoms with Gasteiger partial charge < -0.3 is 4.57 Å². The van der Waals surface area contributed by atoms with E-state index in [-0.39, 0.29) is 5.41 Å². The van der Waals surface area contributed by atoms with Gasteiger partial charge >= 0.3 is 0 Å². The number of para-hydroxylation sites is 1. The predicted molar refractivity (Wildman–Crippen MR) is 243 cm³/mol. The largest absolute Gasteiger partial charge is 0.309 e. The van der Waals surface area contributed by atoms with E-state index >= 15 is 0 Å². The monoisotopic (exact) mass is 753 g/mol. The Morgan fingerprint density at radius 2 is 0.881 bits per heavy atom. The molecule has 276 valence electrons. The van der Waals surface area contributed by atoms with E-state index in [4.69, 9.17) is 15.0 Å². The summed E-state index contributed by atoms with van der Waals surface area (Å²) in [6.45, 7) is 4.63. The van der Waals surface area contributed by atoms with Gasteiger partial charge in [-0.2, -0.15) is 9.97 Å². The summed E-state index contributed by atoms with van der Waals surface area (Å²) in [4.78, 5) is 16.2. The van der Waals surface area contributed by atoms with Gasteiger partial charge in [-0.25, -0.2) is 4.98 Å². The van der Waals surface area contributed by atoms with E-state index in [0.29, 0.717) is 17.6 Å². The molecule has 0 spiro atoms. The normalized spacial score (nSPS) is 13.4. The number of hydrogen-bond acceptors (Lipinski definition) is 3. The van der Waals surface area contributed by atoms with Crippen LogP contribution in [0, 0.1) is 0 Å². The molecular weight excluding hydrogens is 719 g/mol. The van der Waals surface area contributed by atoms with Gasteiger partial charge in [0.15, 0.2) is 11.6 Å². The molecule has 0 saturated carbocycles. The molecule has 0 amide bonds. The molecule has 0 saturated heterocycles. The SMILES string of the molecule is CC1(C)c2ccccc2-c2c(-c3nc(-c4ccccc4)nc(-n4c5cccc6c7ccccc7c7cccc8c7c7c(c65)c4ccc7n8-c4ccccc4)n3)cccc21. The zero-order valence-corrected chi connectivity index (χ0v) is 32.5. The lowest BCUT2D eigenvalue weighted by molar-refractivity contribution is 0.660. The molecule has 59 heavy (non-hydrogen) atoms. The van der Waals surface area contributed by atoms with Gasteiger partial charge in [-0.1, -0.05) is 153 Å². The molecule has 12 aromatic rings. The van der Waals surface area contributed by atoms with E-state index in [2.05, 4.69) is 181 Å². The Balaban J connectivity index is 1.20. The molecule has 0 radical (unpaired) electrons. The van der Waals surface area contributed by atoms with Crippen molar-refractivity contribution in [3.8, 4) is 45.5 Å². The van der Waals surface area contributed by atoms with Crippen LogP contribution in [0.5, 0.6) is 0 Å². The molecule has 5 heteroatoms. The maximum Gasteiger partial charge on any atom is 0.238 e. The molecule has 0 bridgehead atoms. The summed E-state index contributed by atoms with van der Waals surface area (Å²) in [5.41, 5.74) is 12.4. The number of fused-ring (bicyclic) bond motifs is 6. The molecular formula is C54H35N5. The molecule has 5 nitrogen and oxygen atoms in total. The van der Waals surface area contributed by atoms with Crippen molar-refractivity contribution in [2.24, 2.45) is 0 Å². The van der Waals surface area contributed by atoms with Crippen LogP contribution in [0.25, 0.3) is 111 Å². The van der Waals surface area contributed by atoms with Gasteiger partial charge in [0.2, 0.25) is 5.95 Å². The molecule has 13 rings (SSSR count). The summed E-state index contributed by atoms with van der Waals surface area (Å²) in [5.74, 6) is 1.88. The van der Waals surface area contributed by atoms with E-state index in [0.717, 1.165) is 27.8 Å². The first kappa shape index (κ1) is 32.5. The summed E-state index contributed by atoms with van der Waals surface area (Å²) < 4.78 is 4.71. The van der Waals surface area contributed by atoms with Gasteiger partial charge in [-0.05, 0) is 80.2 Å². The Kier molecular flexibility index (Phi) is 6.44. The molecule has 3 heterocycles. The average molecular weight is 754 g/mol. The van der Waals surface area contributed by atoms with Gasteiger partial charge in [0.1, 0.15) is 0 Å². The van der Waals surface area contributed by atoms with Crippen LogP contribution in [0.1, 0.15) is 25.0 Å². The minimum atomic E-state index is -0.158. The number of rotatable bonds is 4. The van der Waals surface area contributed by atoms with Crippen LogP contribution in [0.2, 0.25) is 0 Å². The van der Waals surface area contributed by atoms with Crippen LogP contribution >= 0.6 is 0 Å². The van der Waals surface area contributed by atoms with Gasteiger partial charge in [-0.3, -0.25) is 4.57 Å². The maximum atomic E-state index is 5.51. The molecule has 1 aliphatic carbocycles. The summed E-state index contributed by atoms with van der Waals surface area (Å²) in [6.07, 6.45) is 0. The quantitative estimate of drug-likeness (QED) is 0.180.